The Kier molecular flexibility index (Phi) is 4.69. The van der Waals surface area contributed by atoms with Gasteiger partial charge in [-0.3, -0.25) is 0 Å². The lowest BCUT2D eigenvalue weighted by Crippen LogP contribution is -2.21. The van der Waals surface area contributed by atoms with E-state index in [2.05, 4.69) is 29.4 Å². The molecule has 1 N–H and O–H groups in total. The van der Waals surface area contributed by atoms with E-state index in [9.17, 15) is 0 Å². The van der Waals surface area contributed by atoms with Gasteiger partial charge in [-0.2, -0.15) is 0 Å². The fraction of sp³-hybridized carbons (Fsp3) is 0.385. The van der Waals surface area contributed by atoms with Crippen LogP contribution < -0.4 is 5.32 Å². The van der Waals surface area contributed by atoms with Gasteiger partial charge in [0.25, 0.3) is 0 Å². The Morgan fingerprint density at radius 1 is 1.22 bits per heavy atom. The van der Waals surface area contributed by atoms with Gasteiger partial charge in [0.2, 0.25) is 0 Å². The summed E-state index contributed by atoms with van der Waals surface area (Å²) in [6.45, 7) is 5.01. The number of aromatic nitrogens is 2. The molecular weight excluding hydrogens is 266 g/mol. The monoisotopic (exact) mass is 281 g/mol. The number of nitrogens with zero attached hydrogens (tertiary/aromatic N) is 2. The van der Waals surface area contributed by atoms with Crippen molar-refractivity contribution in [3.8, 4) is 0 Å². The largest absolute Gasteiger partial charge is 0.308 e. The lowest BCUT2D eigenvalue weighted by atomic mass is 10.2. The first kappa shape index (κ1) is 13.5. The van der Waals surface area contributed by atoms with E-state index in [1.807, 2.05) is 24.3 Å². The van der Waals surface area contributed by atoms with E-state index >= 15 is 0 Å². The second-order valence-corrected chi connectivity index (χ2v) is 5.95. The van der Waals surface area contributed by atoms with Gasteiger partial charge in [-0.1, -0.05) is 55.0 Å². The van der Waals surface area contributed by atoms with Gasteiger partial charge < -0.3 is 5.32 Å². The smallest absolute Gasteiger partial charge is 0.131 e. The fourth-order valence-electron chi connectivity index (χ4n) is 1.53. The van der Waals surface area contributed by atoms with E-state index in [1.54, 1.807) is 11.3 Å². The Hall–Kier alpha value is -0.970. The van der Waals surface area contributed by atoms with Crippen LogP contribution in [0.1, 0.15) is 29.4 Å². The van der Waals surface area contributed by atoms with Gasteiger partial charge in [0.05, 0.1) is 0 Å². The van der Waals surface area contributed by atoms with E-state index in [0.29, 0.717) is 6.04 Å². The minimum absolute atomic E-state index is 0.459. The predicted molar refractivity (Wildman–Crippen MR) is 76.1 cm³/mol. The van der Waals surface area contributed by atoms with Crippen molar-refractivity contribution in [2.24, 2.45) is 0 Å². The first-order valence-electron chi connectivity index (χ1n) is 5.93. The highest BCUT2D eigenvalue weighted by Crippen LogP contribution is 2.20. The second kappa shape index (κ2) is 6.27. The molecule has 2 rings (SSSR count). The second-order valence-electron chi connectivity index (χ2n) is 4.39. The van der Waals surface area contributed by atoms with Crippen molar-refractivity contribution in [2.45, 2.75) is 32.9 Å². The topological polar surface area (TPSA) is 37.8 Å². The molecule has 0 amide bonds. The molecule has 0 spiro atoms. The Morgan fingerprint density at radius 2 is 1.94 bits per heavy atom. The van der Waals surface area contributed by atoms with Gasteiger partial charge >= 0.3 is 0 Å². The molecular formula is C13H16ClN3S. The number of halogens is 1. The van der Waals surface area contributed by atoms with Crippen LogP contribution in [0.2, 0.25) is 5.02 Å². The van der Waals surface area contributed by atoms with E-state index in [-0.39, 0.29) is 0 Å². The van der Waals surface area contributed by atoms with Gasteiger partial charge in [0, 0.05) is 24.0 Å². The third-order valence-electron chi connectivity index (χ3n) is 2.47. The molecule has 0 aliphatic rings. The van der Waals surface area contributed by atoms with Gasteiger partial charge in [0.1, 0.15) is 10.0 Å². The van der Waals surface area contributed by atoms with Gasteiger partial charge in [0.15, 0.2) is 0 Å². The molecule has 96 valence electrons. The molecule has 0 aliphatic carbocycles. The first-order chi connectivity index (χ1) is 8.65. The van der Waals surface area contributed by atoms with Crippen LogP contribution >= 0.6 is 22.9 Å². The summed E-state index contributed by atoms with van der Waals surface area (Å²) in [5.74, 6) is 0. The minimum atomic E-state index is 0.459. The average molecular weight is 282 g/mol. The van der Waals surface area contributed by atoms with Crippen LogP contribution in [0.5, 0.6) is 0 Å². The molecule has 3 nitrogen and oxygen atoms in total. The molecule has 5 heteroatoms. The van der Waals surface area contributed by atoms with Gasteiger partial charge in [-0.05, 0) is 11.6 Å². The normalized spacial score (nSPS) is 11.1. The Morgan fingerprint density at radius 3 is 2.67 bits per heavy atom. The third kappa shape index (κ3) is 3.77. The van der Waals surface area contributed by atoms with Gasteiger partial charge in [-0.25, -0.2) is 0 Å². The highest BCUT2D eigenvalue weighted by Gasteiger charge is 2.07. The maximum atomic E-state index is 6.13. The van der Waals surface area contributed by atoms with Crippen molar-refractivity contribution in [1.82, 2.24) is 15.5 Å². The number of hydrogen-bond donors (Lipinski definition) is 1. The number of nitrogens with one attached hydrogen (secondary N) is 1. The van der Waals surface area contributed by atoms with Crippen LogP contribution in [0.4, 0.5) is 0 Å². The molecule has 0 saturated carbocycles. The quantitative estimate of drug-likeness (QED) is 0.914. The molecule has 0 aliphatic heterocycles. The molecule has 0 saturated heterocycles. The molecule has 0 unspecified atom stereocenters. The van der Waals surface area contributed by atoms with Crippen molar-refractivity contribution in [2.75, 3.05) is 0 Å². The standard InChI is InChI=1S/C13H16ClN3S/c1-9(2)15-8-13-17-16-12(18-13)7-10-5-3-4-6-11(10)14/h3-6,9,15H,7-8H2,1-2H3. The summed E-state index contributed by atoms with van der Waals surface area (Å²) < 4.78 is 0. The van der Waals surface area contributed by atoms with Crippen LogP contribution in [0.25, 0.3) is 0 Å². The summed E-state index contributed by atoms with van der Waals surface area (Å²) in [5, 5.41) is 14.5. The summed E-state index contributed by atoms with van der Waals surface area (Å²) >= 11 is 7.76. The molecule has 0 radical (unpaired) electrons. The molecule has 1 heterocycles. The fourth-order valence-corrected chi connectivity index (χ4v) is 2.55. The Balaban J connectivity index is 2.00. The predicted octanol–water partition coefficient (Wildman–Crippen LogP) is 3.28. The maximum Gasteiger partial charge on any atom is 0.131 e. The summed E-state index contributed by atoms with van der Waals surface area (Å²) in [6, 6.07) is 8.31. The van der Waals surface area contributed by atoms with Crippen LogP contribution in [0.3, 0.4) is 0 Å². The van der Waals surface area contributed by atoms with Crippen molar-refractivity contribution in [3.05, 3.63) is 44.9 Å². The maximum absolute atomic E-state index is 6.13. The van der Waals surface area contributed by atoms with Crippen molar-refractivity contribution in [3.63, 3.8) is 0 Å². The van der Waals surface area contributed by atoms with E-state index < -0.39 is 0 Å². The molecule has 1 aromatic heterocycles. The van der Waals surface area contributed by atoms with Crippen LogP contribution in [0, 0.1) is 0 Å². The number of hydrogen-bond acceptors (Lipinski definition) is 4. The molecule has 18 heavy (non-hydrogen) atoms. The van der Waals surface area contributed by atoms with Crippen molar-refractivity contribution >= 4 is 22.9 Å². The number of benzene rings is 1. The number of rotatable bonds is 5. The zero-order chi connectivity index (χ0) is 13.0. The molecule has 1 aromatic carbocycles. The van der Waals surface area contributed by atoms with Crippen molar-refractivity contribution in [1.29, 1.82) is 0 Å². The van der Waals surface area contributed by atoms with E-state index in [4.69, 9.17) is 11.6 Å². The van der Waals surface area contributed by atoms with Gasteiger partial charge in [-0.15, -0.1) is 10.2 Å². The van der Waals surface area contributed by atoms with E-state index in [0.717, 1.165) is 33.6 Å². The zero-order valence-corrected chi connectivity index (χ0v) is 12.1. The van der Waals surface area contributed by atoms with Crippen LogP contribution in [-0.2, 0) is 13.0 Å². The molecule has 2 aromatic rings. The van der Waals surface area contributed by atoms with Crippen LogP contribution in [0.15, 0.2) is 24.3 Å². The Bertz CT molecular complexity index is 510. The zero-order valence-electron chi connectivity index (χ0n) is 10.5. The molecule has 0 fully saturated rings. The van der Waals surface area contributed by atoms with Crippen LogP contribution in [-0.4, -0.2) is 16.2 Å². The molecule has 0 bridgehead atoms. The summed E-state index contributed by atoms with van der Waals surface area (Å²) in [7, 11) is 0. The average Bonchev–Trinajstić information content (AvgIpc) is 2.77. The summed E-state index contributed by atoms with van der Waals surface area (Å²) in [5.41, 5.74) is 1.10. The summed E-state index contributed by atoms with van der Waals surface area (Å²) in [4.78, 5) is 0. The highest BCUT2D eigenvalue weighted by molar-refractivity contribution is 7.11. The lowest BCUT2D eigenvalue weighted by Gasteiger charge is -2.03. The first-order valence-corrected chi connectivity index (χ1v) is 7.12. The SMILES string of the molecule is CC(C)NCc1nnc(Cc2ccccc2Cl)s1. The molecule has 0 atom stereocenters. The third-order valence-corrected chi connectivity index (χ3v) is 3.76. The van der Waals surface area contributed by atoms with E-state index in [1.165, 1.54) is 0 Å². The highest BCUT2D eigenvalue weighted by atomic mass is 35.5. The minimum Gasteiger partial charge on any atom is -0.308 e. The van der Waals surface area contributed by atoms with Crippen molar-refractivity contribution < 1.29 is 0 Å². The summed E-state index contributed by atoms with van der Waals surface area (Å²) in [6.07, 6.45) is 0.749. The Labute approximate surface area is 116 Å². The lowest BCUT2D eigenvalue weighted by molar-refractivity contribution is 0.584.